The summed E-state index contributed by atoms with van der Waals surface area (Å²) >= 11 is 0. The second kappa shape index (κ2) is 4.58. The lowest BCUT2D eigenvalue weighted by Crippen LogP contribution is -2.48. The molecule has 2 aromatic carbocycles. The Kier molecular flexibility index (Phi) is 2.97. The van der Waals surface area contributed by atoms with Gasteiger partial charge in [0.2, 0.25) is 0 Å². The maximum Gasteiger partial charge on any atom is 0.329 e. The standard InChI is InChI=1S/C17H18N2O2/c1-11(2)17(3)15(20)19(16(21)18-17)14-10-6-8-12-7-4-5-9-13(12)14/h4-11H,1-3H3,(H,18,21). The number of rotatable bonds is 2. The summed E-state index contributed by atoms with van der Waals surface area (Å²) in [4.78, 5) is 26.4. The van der Waals surface area contributed by atoms with Gasteiger partial charge in [0.25, 0.3) is 5.91 Å². The van der Waals surface area contributed by atoms with Crippen LogP contribution in [0.2, 0.25) is 0 Å². The Morgan fingerprint density at radius 2 is 1.71 bits per heavy atom. The van der Waals surface area contributed by atoms with Gasteiger partial charge in [-0.25, -0.2) is 9.69 Å². The highest BCUT2D eigenvalue weighted by Crippen LogP contribution is 2.33. The molecule has 0 saturated carbocycles. The average molecular weight is 282 g/mol. The molecule has 1 unspecified atom stereocenters. The van der Waals surface area contributed by atoms with Crippen LogP contribution in [-0.2, 0) is 4.79 Å². The quantitative estimate of drug-likeness (QED) is 0.859. The van der Waals surface area contributed by atoms with Gasteiger partial charge in [-0.1, -0.05) is 50.2 Å². The van der Waals surface area contributed by atoms with Gasteiger partial charge < -0.3 is 5.32 Å². The molecule has 1 saturated heterocycles. The van der Waals surface area contributed by atoms with Gasteiger partial charge in [-0.05, 0) is 24.3 Å². The van der Waals surface area contributed by atoms with Crippen molar-refractivity contribution in [2.45, 2.75) is 26.3 Å². The zero-order chi connectivity index (χ0) is 15.2. The van der Waals surface area contributed by atoms with Crippen molar-refractivity contribution in [3.63, 3.8) is 0 Å². The SMILES string of the molecule is CC(C)C1(C)NC(=O)N(c2cccc3ccccc23)C1=O. The summed E-state index contributed by atoms with van der Waals surface area (Å²) < 4.78 is 0. The summed E-state index contributed by atoms with van der Waals surface area (Å²) in [6.45, 7) is 5.65. The highest BCUT2D eigenvalue weighted by molar-refractivity contribution is 6.25. The first-order valence-electron chi connectivity index (χ1n) is 7.09. The van der Waals surface area contributed by atoms with Crippen molar-refractivity contribution in [1.29, 1.82) is 0 Å². The van der Waals surface area contributed by atoms with E-state index in [4.69, 9.17) is 0 Å². The molecule has 1 atom stereocenters. The minimum absolute atomic E-state index is 0.0222. The van der Waals surface area contributed by atoms with E-state index in [1.54, 1.807) is 6.92 Å². The van der Waals surface area contributed by atoms with Crippen molar-refractivity contribution in [2.24, 2.45) is 5.92 Å². The molecule has 0 spiro atoms. The Balaban J connectivity index is 2.16. The van der Waals surface area contributed by atoms with E-state index in [-0.39, 0.29) is 17.9 Å². The molecule has 4 nitrogen and oxygen atoms in total. The third kappa shape index (κ3) is 1.90. The van der Waals surface area contributed by atoms with Crippen LogP contribution >= 0.6 is 0 Å². The largest absolute Gasteiger partial charge is 0.329 e. The summed E-state index contributed by atoms with van der Waals surface area (Å²) in [6.07, 6.45) is 0. The number of imide groups is 1. The zero-order valence-corrected chi connectivity index (χ0v) is 12.4. The Labute approximate surface area is 123 Å². The molecular formula is C17H18N2O2. The lowest BCUT2D eigenvalue weighted by Gasteiger charge is -2.26. The number of benzene rings is 2. The van der Waals surface area contributed by atoms with Crippen LogP contribution in [0.4, 0.5) is 10.5 Å². The Morgan fingerprint density at radius 1 is 1.05 bits per heavy atom. The van der Waals surface area contributed by atoms with E-state index >= 15 is 0 Å². The molecule has 21 heavy (non-hydrogen) atoms. The molecule has 0 radical (unpaired) electrons. The molecule has 1 fully saturated rings. The zero-order valence-electron chi connectivity index (χ0n) is 12.4. The first kappa shape index (κ1) is 13.6. The van der Waals surface area contributed by atoms with Crippen LogP contribution in [0.25, 0.3) is 10.8 Å². The second-order valence-electron chi connectivity index (χ2n) is 5.93. The number of hydrogen-bond acceptors (Lipinski definition) is 2. The summed E-state index contributed by atoms with van der Waals surface area (Å²) in [6, 6.07) is 13.0. The fourth-order valence-electron chi connectivity index (χ4n) is 2.67. The molecule has 3 amide bonds. The molecule has 0 bridgehead atoms. The Bertz CT molecular complexity index is 733. The summed E-state index contributed by atoms with van der Waals surface area (Å²) in [7, 11) is 0. The van der Waals surface area contributed by atoms with Gasteiger partial charge in [-0.15, -0.1) is 0 Å². The third-order valence-corrected chi connectivity index (χ3v) is 4.38. The van der Waals surface area contributed by atoms with E-state index in [9.17, 15) is 9.59 Å². The molecule has 4 heteroatoms. The Morgan fingerprint density at radius 3 is 2.38 bits per heavy atom. The van der Waals surface area contributed by atoms with Gasteiger partial charge in [0.1, 0.15) is 5.54 Å². The van der Waals surface area contributed by atoms with Crippen molar-refractivity contribution in [3.8, 4) is 0 Å². The maximum absolute atomic E-state index is 12.8. The number of fused-ring (bicyclic) bond motifs is 1. The molecular weight excluding hydrogens is 264 g/mol. The molecule has 0 aliphatic carbocycles. The van der Waals surface area contributed by atoms with Crippen LogP contribution in [0.5, 0.6) is 0 Å². The van der Waals surface area contributed by atoms with E-state index in [0.717, 1.165) is 10.8 Å². The highest BCUT2D eigenvalue weighted by atomic mass is 16.2. The van der Waals surface area contributed by atoms with Gasteiger partial charge in [0, 0.05) is 5.39 Å². The van der Waals surface area contributed by atoms with E-state index in [2.05, 4.69) is 5.32 Å². The highest BCUT2D eigenvalue weighted by Gasteiger charge is 2.50. The summed E-state index contributed by atoms with van der Waals surface area (Å²) in [5.74, 6) is -0.173. The molecule has 2 aromatic rings. The summed E-state index contributed by atoms with van der Waals surface area (Å²) in [5.41, 5.74) is -0.214. The number of nitrogens with one attached hydrogen (secondary N) is 1. The molecule has 1 aliphatic heterocycles. The van der Waals surface area contributed by atoms with Crippen molar-refractivity contribution < 1.29 is 9.59 Å². The van der Waals surface area contributed by atoms with E-state index in [0.29, 0.717) is 5.69 Å². The normalized spacial score (nSPS) is 22.2. The van der Waals surface area contributed by atoms with Crippen LogP contribution in [0, 0.1) is 5.92 Å². The average Bonchev–Trinajstić information content (AvgIpc) is 2.70. The van der Waals surface area contributed by atoms with Gasteiger partial charge in [-0.3, -0.25) is 4.79 Å². The van der Waals surface area contributed by atoms with E-state index in [1.165, 1.54) is 4.90 Å². The number of amides is 3. The minimum atomic E-state index is -0.853. The smallest absolute Gasteiger partial charge is 0.323 e. The number of nitrogens with zero attached hydrogens (tertiary/aromatic N) is 1. The van der Waals surface area contributed by atoms with Crippen LogP contribution in [-0.4, -0.2) is 17.5 Å². The maximum atomic E-state index is 12.8. The first-order chi connectivity index (χ1) is 9.95. The van der Waals surface area contributed by atoms with E-state index in [1.807, 2.05) is 56.3 Å². The number of hydrogen-bond donors (Lipinski definition) is 1. The predicted octanol–water partition coefficient (Wildman–Crippen LogP) is 3.31. The fraction of sp³-hybridized carbons (Fsp3) is 0.294. The number of carbonyl (C=O) groups is 2. The fourth-order valence-corrected chi connectivity index (χ4v) is 2.67. The third-order valence-electron chi connectivity index (χ3n) is 4.38. The van der Waals surface area contributed by atoms with Gasteiger partial charge >= 0.3 is 6.03 Å². The van der Waals surface area contributed by atoms with Crippen LogP contribution < -0.4 is 10.2 Å². The minimum Gasteiger partial charge on any atom is -0.323 e. The van der Waals surface area contributed by atoms with Crippen molar-refractivity contribution in [3.05, 3.63) is 42.5 Å². The number of carbonyl (C=O) groups excluding carboxylic acids is 2. The second-order valence-corrected chi connectivity index (χ2v) is 5.93. The lowest BCUT2D eigenvalue weighted by atomic mass is 9.88. The van der Waals surface area contributed by atoms with Crippen molar-refractivity contribution in [1.82, 2.24) is 5.32 Å². The predicted molar refractivity (Wildman–Crippen MR) is 83.2 cm³/mol. The Hall–Kier alpha value is -2.36. The van der Waals surface area contributed by atoms with Crippen LogP contribution in [0.15, 0.2) is 42.5 Å². The summed E-state index contributed by atoms with van der Waals surface area (Å²) in [5, 5.41) is 4.74. The molecule has 1 heterocycles. The van der Waals surface area contributed by atoms with Crippen molar-refractivity contribution in [2.75, 3.05) is 4.90 Å². The number of anilines is 1. The molecule has 1 aliphatic rings. The van der Waals surface area contributed by atoms with Crippen molar-refractivity contribution >= 4 is 28.4 Å². The van der Waals surface area contributed by atoms with Crippen LogP contribution in [0.3, 0.4) is 0 Å². The number of urea groups is 1. The van der Waals surface area contributed by atoms with Crippen LogP contribution in [0.1, 0.15) is 20.8 Å². The van der Waals surface area contributed by atoms with Gasteiger partial charge in [0.05, 0.1) is 5.69 Å². The topological polar surface area (TPSA) is 49.4 Å². The van der Waals surface area contributed by atoms with Gasteiger partial charge in [-0.2, -0.15) is 0 Å². The molecule has 108 valence electrons. The first-order valence-corrected chi connectivity index (χ1v) is 7.09. The monoisotopic (exact) mass is 282 g/mol. The van der Waals surface area contributed by atoms with E-state index < -0.39 is 5.54 Å². The lowest BCUT2D eigenvalue weighted by molar-refractivity contribution is -0.122. The molecule has 0 aromatic heterocycles. The molecule has 3 rings (SSSR count). The van der Waals surface area contributed by atoms with Gasteiger partial charge in [0.15, 0.2) is 0 Å². The molecule has 1 N–H and O–H groups in total.